The van der Waals surface area contributed by atoms with Crippen molar-refractivity contribution >= 4 is 43.6 Å². The van der Waals surface area contributed by atoms with E-state index in [-0.39, 0.29) is 0 Å². The van der Waals surface area contributed by atoms with E-state index in [1.165, 1.54) is 0 Å². The average molecular weight is 1460 g/mol. The smallest absolute Gasteiger partial charge is 0.164 e. The van der Waals surface area contributed by atoms with E-state index in [1.807, 2.05) is 275 Å². The zero-order valence-electron chi connectivity index (χ0n) is 61.4. The van der Waals surface area contributed by atoms with Gasteiger partial charge in [0.1, 0.15) is 0 Å². The number of fused-ring (bicyclic) bond motifs is 6. The van der Waals surface area contributed by atoms with E-state index in [9.17, 15) is 5.26 Å². The topological polar surface area (TPSA) is 214 Å². The first kappa shape index (κ1) is 67.4. The molecular formula is C97H61N17. The quantitative estimate of drug-likeness (QED) is 0.0933. The second-order valence-corrected chi connectivity index (χ2v) is 27.7. The molecular weight excluding hydrogens is 1400 g/mol. The summed E-state index contributed by atoms with van der Waals surface area (Å²) in [6.07, 6.45) is 0. The molecule has 0 atom stereocenters. The highest BCUT2D eigenvalue weighted by atomic mass is 15.1. The normalized spacial score (nSPS) is 11.4. The van der Waals surface area contributed by atoms with Crippen LogP contribution in [0.2, 0.25) is 0 Å². The zero-order valence-corrected chi connectivity index (χ0v) is 61.4. The van der Waals surface area contributed by atoms with Crippen molar-refractivity contribution < 1.29 is 0 Å². The third kappa shape index (κ3) is 12.6. The van der Waals surface area contributed by atoms with Crippen molar-refractivity contribution in [2.24, 2.45) is 0 Å². The summed E-state index contributed by atoms with van der Waals surface area (Å²) in [7, 11) is 0. The molecule has 0 aliphatic carbocycles. The Morgan fingerprint density at radius 1 is 0.202 bits per heavy atom. The summed E-state index contributed by atoms with van der Waals surface area (Å²) in [6.45, 7) is 3.96. The van der Waals surface area contributed by atoms with Crippen molar-refractivity contribution in [3.63, 3.8) is 0 Å². The van der Waals surface area contributed by atoms with Gasteiger partial charge in [-0.25, -0.2) is 69.8 Å². The Morgan fingerprint density at radius 3 is 0.588 bits per heavy atom. The summed E-state index contributed by atoms with van der Waals surface area (Å²) in [5.41, 5.74) is 16.0. The third-order valence-electron chi connectivity index (χ3n) is 20.3. The van der Waals surface area contributed by atoms with Gasteiger partial charge in [-0.2, -0.15) is 5.26 Å². The summed E-state index contributed by atoms with van der Waals surface area (Å²) in [6, 6.07) is 113. The SMILES string of the molecule is Cc1cc(C)nc(-c2c(-n3c4cc(-c5nc(-c6ccccc6)nc(-c6ccccc6)n5)ccc4c4ccc(-c5nc(-c6ccccc6)nc(-c6ccccc6)n5)cc43)cc(C#N)cc2-n2c3cc(-c4nc(-c5ccccc5)nc(-c5ccccc5)n4)ccc3c3ccc(-c4nc(-c5ccccc5)nc(-c5ccccc5)n4)cc32)n1. The molecule has 0 aliphatic rings. The van der Waals surface area contributed by atoms with Gasteiger partial charge in [0, 0.05) is 99.7 Å². The molecule has 0 N–H and O–H groups in total. The number of aromatic nitrogens is 16. The Balaban J connectivity index is 0.904. The Morgan fingerprint density at radius 2 is 0.395 bits per heavy atom. The summed E-state index contributed by atoms with van der Waals surface area (Å²) < 4.78 is 4.44. The molecule has 0 aliphatic heterocycles. The van der Waals surface area contributed by atoms with Crippen LogP contribution in [0.15, 0.2) is 334 Å². The first-order valence-corrected chi connectivity index (χ1v) is 37.3. The van der Waals surface area contributed by atoms with E-state index in [1.54, 1.807) is 0 Å². The van der Waals surface area contributed by atoms with Crippen LogP contribution in [0, 0.1) is 25.2 Å². The number of benzene rings is 13. The lowest BCUT2D eigenvalue weighted by molar-refractivity contribution is 1.04. The first-order valence-electron chi connectivity index (χ1n) is 37.3. The average Bonchev–Trinajstić information content (AvgIpc) is 1.56. The highest BCUT2D eigenvalue weighted by Crippen LogP contribution is 2.46. The van der Waals surface area contributed by atoms with Gasteiger partial charge in [-0.05, 0) is 56.3 Å². The van der Waals surface area contributed by atoms with E-state index >= 15 is 0 Å². The number of aryl methyl sites for hydroxylation is 2. The summed E-state index contributed by atoms with van der Waals surface area (Å²) in [5, 5.41) is 15.6. The van der Waals surface area contributed by atoms with E-state index in [0.717, 1.165) is 99.5 Å². The molecule has 534 valence electrons. The molecule has 20 rings (SSSR count). The highest BCUT2D eigenvalue weighted by molar-refractivity contribution is 6.14. The van der Waals surface area contributed by atoms with Gasteiger partial charge < -0.3 is 9.13 Å². The number of hydrogen-bond donors (Lipinski definition) is 0. The molecule has 7 heterocycles. The van der Waals surface area contributed by atoms with Crippen molar-refractivity contribution in [1.82, 2.24) is 78.9 Å². The van der Waals surface area contributed by atoms with E-state index in [0.29, 0.717) is 120 Å². The predicted octanol–water partition coefficient (Wildman–Crippen LogP) is 21.6. The van der Waals surface area contributed by atoms with E-state index in [2.05, 4.69) is 88.0 Å². The fourth-order valence-electron chi connectivity index (χ4n) is 15.0. The Hall–Kier alpha value is -15.9. The minimum absolute atomic E-state index is 0.336. The molecule has 0 saturated carbocycles. The Kier molecular flexibility index (Phi) is 16.9. The number of rotatable bonds is 15. The molecule has 0 amide bonds. The van der Waals surface area contributed by atoms with Gasteiger partial charge in [0.25, 0.3) is 0 Å². The molecule has 20 aromatic rings. The molecule has 7 aromatic heterocycles. The fraction of sp³-hybridized carbons (Fsp3) is 0.0206. The van der Waals surface area contributed by atoms with Gasteiger partial charge in [0.2, 0.25) is 0 Å². The molecule has 114 heavy (non-hydrogen) atoms. The maximum Gasteiger partial charge on any atom is 0.164 e. The number of nitrogens with zero attached hydrogens (tertiary/aromatic N) is 17. The lowest BCUT2D eigenvalue weighted by Gasteiger charge is -2.21. The second kappa shape index (κ2) is 28.6. The second-order valence-electron chi connectivity index (χ2n) is 27.7. The molecule has 13 aromatic carbocycles. The molecule has 0 spiro atoms. The van der Waals surface area contributed by atoms with Gasteiger partial charge >= 0.3 is 0 Å². The monoisotopic (exact) mass is 1460 g/mol. The van der Waals surface area contributed by atoms with Crippen LogP contribution in [0.5, 0.6) is 0 Å². The lowest BCUT2D eigenvalue weighted by atomic mass is 10.0. The van der Waals surface area contributed by atoms with Crippen molar-refractivity contribution in [2.45, 2.75) is 13.8 Å². The van der Waals surface area contributed by atoms with Crippen LogP contribution in [0.1, 0.15) is 17.0 Å². The van der Waals surface area contributed by atoms with Crippen LogP contribution >= 0.6 is 0 Å². The van der Waals surface area contributed by atoms with Crippen molar-refractivity contribution in [3.8, 4) is 165 Å². The molecule has 0 fully saturated rings. The summed E-state index contributed by atoms with van der Waals surface area (Å²) in [5.74, 6) is 6.29. The summed E-state index contributed by atoms with van der Waals surface area (Å²) >= 11 is 0. The zero-order chi connectivity index (χ0) is 76.2. The van der Waals surface area contributed by atoms with Gasteiger partial charge in [-0.1, -0.05) is 291 Å². The number of nitriles is 1. The van der Waals surface area contributed by atoms with Crippen LogP contribution < -0.4 is 0 Å². The summed E-state index contributed by atoms with van der Waals surface area (Å²) in [4.78, 5) is 73.7. The van der Waals surface area contributed by atoms with Gasteiger partial charge in [0.05, 0.1) is 50.6 Å². The minimum Gasteiger partial charge on any atom is -0.308 e. The maximum atomic E-state index is 12.0. The standard InChI is InChI=1S/C97H61N17/c1-59-51-60(2)100-97(99-59)84-82(113-78-54-70(93-105-85(62-27-11-3-12-28-62)101-86(106-93)63-29-13-4-14-30-63)43-47-74(78)75-48-44-71(55-79(75)113)94-107-87(64-31-15-5-16-32-64)102-88(108-94)65-33-17-6-18-34-65)52-61(58-98)53-83(84)114-80-56-72(95-109-89(66-35-19-7-20-36-66)103-90(110-95)67-37-21-8-22-38-67)45-49-76(80)77-50-46-73(57-81(77)114)96-111-91(68-39-23-9-24-40-68)104-92(112-96)69-41-25-10-26-42-69/h3-57H,1-2H3. The molecule has 17 nitrogen and oxygen atoms in total. The fourth-order valence-corrected chi connectivity index (χ4v) is 15.0. The van der Waals surface area contributed by atoms with Crippen molar-refractivity contribution in [1.29, 1.82) is 5.26 Å². The van der Waals surface area contributed by atoms with Crippen LogP contribution in [0.3, 0.4) is 0 Å². The molecule has 0 unspecified atom stereocenters. The minimum atomic E-state index is 0.336. The molecule has 0 saturated heterocycles. The van der Waals surface area contributed by atoms with E-state index in [4.69, 9.17) is 69.8 Å². The Bertz CT molecular complexity index is 6150. The highest BCUT2D eigenvalue weighted by Gasteiger charge is 2.29. The predicted molar refractivity (Wildman–Crippen MR) is 449 cm³/mol. The van der Waals surface area contributed by atoms with Crippen LogP contribution in [0.4, 0.5) is 0 Å². The lowest BCUT2D eigenvalue weighted by Crippen LogP contribution is -2.08. The van der Waals surface area contributed by atoms with Crippen molar-refractivity contribution in [2.75, 3.05) is 0 Å². The van der Waals surface area contributed by atoms with Crippen LogP contribution in [-0.2, 0) is 0 Å². The Labute approximate surface area is 653 Å². The first-order chi connectivity index (χ1) is 56.2. The molecule has 17 heteroatoms. The van der Waals surface area contributed by atoms with Gasteiger partial charge in [0.15, 0.2) is 75.7 Å². The largest absolute Gasteiger partial charge is 0.308 e. The molecule has 0 bridgehead atoms. The van der Waals surface area contributed by atoms with Crippen molar-refractivity contribution in [3.05, 3.63) is 351 Å². The van der Waals surface area contributed by atoms with Gasteiger partial charge in [-0.15, -0.1) is 0 Å². The van der Waals surface area contributed by atoms with Crippen LogP contribution in [0.25, 0.3) is 203 Å². The molecule has 0 radical (unpaired) electrons. The number of hydrogen-bond acceptors (Lipinski definition) is 15. The maximum absolute atomic E-state index is 12.0. The van der Waals surface area contributed by atoms with Crippen LogP contribution in [-0.4, -0.2) is 78.9 Å². The van der Waals surface area contributed by atoms with Gasteiger partial charge in [-0.3, -0.25) is 0 Å². The third-order valence-corrected chi connectivity index (χ3v) is 20.3. The van der Waals surface area contributed by atoms with E-state index < -0.39 is 0 Å².